The highest BCUT2D eigenvalue weighted by Crippen LogP contribution is 2.42. The smallest absolute Gasteiger partial charge is 0.397 e. The van der Waals surface area contributed by atoms with Gasteiger partial charge in [-0.2, -0.15) is 0 Å². The Balaban J connectivity index is 1.58. The number of carbonyl (C=O) groups excluding carboxylic acids is 1. The predicted octanol–water partition coefficient (Wildman–Crippen LogP) is 6.24. The summed E-state index contributed by atoms with van der Waals surface area (Å²) in [6, 6.07) is 18.8. The Kier molecular flexibility index (Phi) is 6.28. The molecule has 0 radical (unpaired) electrons. The third-order valence-electron chi connectivity index (χ3n) is 6.42. The number of fused-ring (bicyclic) bond motifs is 1. The second kappa shape index (κ2) is 9.82. The van der Waals surface area contributed by atoms with Crippen LogP contribution in [0.1, 0.15) is 20.9 Å². The second-order valence-corrected chi connectivity index (χ2v) is 10.5. The number of pyridine rings is 1. The fourth-order valence-electron chi connectivity index (χ4n) is 4.43. The molecule has 6 aromatic rings. The Bertz CT molecular complexity index is 2000. The lowest BCUT2D eigenvalue weighted by Gasteiger charge is -2.10. The number of aromatic amines is 1. The number of benzene rings is 3. The van der Waals surface area contributed by atoms with Gasteiger partial charge in [-0.25, -0.2) is 18.6 Å². The monoisotopic (exact) mass is 575 g/mol. The van der Waals surface area contributed by atoms with Crippen LogP contribution in [-0.4, -0.2) is 16.0 Å². The zero-order valence-electron chi connectivity index (χ0n) is 20.7. The molecule has 3 heterocycles. The molecule has 0 amide bonds. The Morgan fingerprint density at radius 1 is 1.02 bits per heavy atom. The van der Waals surface area contributed by atoms with Crippen molar-refractivity contribution < 1.29 is 22.8 Å². The molecule has 0 saturated heterocycles. The summed E-state index contributed by atoms with van der Waals surface area (Å²) in [5.74, 6) is -2.25. The Labute approximate surface area is 234 Å². The summed E-state index contributed by atoms with van der Waals surface area (Å²) in [4.78, 5) is 31.5. The number of rotatable bonds is 5. The summed E-state index contributed by atoms with van der Waals surface area (Å²) >= 11 is 7.01. The lowest BCUT2D eigenvalue weighted by atomic mass is 9.98. The summed E-state index contributed by atoms with van der Waals surface area (Å²) in [6.45, 7) is 1.91. The first-order chi connectivity index (χ1) is 19.2. The van der Waals surface area contributed by atoms with Crippen LogP contribution in [0.5, 0.6) is 0 Å². The number of hydrogen-bond acceptors (Lipinski definition) is 6. The third kappa shape index (κ3) is 4.37. The molecular formula is C29H18ClF2N4O3S+. The lowest BCUT2D eigenvalue weighted by molar-refractivity contribution is -0.672. The van der Waals surface area contributed by atoms with E-state index >= 15 is 4.39 Å². The third-order valence-corrected chi connectivity index (χ3v) is 7.77. The molecule has 0 atom stereocenters. The van der Waals surface area contributed by atoms with E-state index in [1.165, 1.54) is 10.7 Å². The van der Waals surface area contributed by atoms with Crippen molar-refractivity contribution in [3.05, 3.63) is 116 Å². The summed E-state index contributed by atoms with van der Waals surface area (Å²) in [6.07, 6.45) is 0. The first kappa shape index (κ1) is 25.6. The molecule has 40 heavy (non-hydrogen) atoms. The van der Waals surface area contributed by atoms with Gasteiger partial charge in [0.2, 0.25) is 5.69 Å². The van der Waals surface area contributed by atoms with Crippen molar-refractivity contribution >= 4 is 44.6 Å². The average Bonchev–Trinajstić information content (AvgIpc) is 3.48. The normalized spacial score (nSPS) is 11.3. The summed E-state index contributed by atoms with van der Waals surface area (Å²) in [5.41, 5.74) is 8.35. The molecule has 0 aliphatic heterocycles. The summed E-state index contributed by atoms with van der Waals surface area (Å²) in [5, 5.41) is 3.29. The van der Waals surface area contributed by atoms with E-state index in [0.717, 1.165) is 29.0 Å². The minimum absolute atomic E-state index is 0.00920. The number of nitrogens with zero attached hydrogens (tertiary/aromatic N) is 2. The molecule has 3 aromatic carbocycles. The highest BCUT2D eigenvalue weighted by atomic mass is 35.5. The van der Waals surface area contributed by atoms with Gasteiger partial charge in [0.1, 0.15) is 21.3 Å². The van der Waals surface area contributed by atoms with Crippen LogP contribution in [0.15, 0.2) is 82.1 Å². The molecule has 198 valence electrons. The molecule has 6 rings (SSSR count). The zero-order chi connectivity index (χ0) is 28.1. The lowest BCUT2D eigenvalue weighted by Crippen LogP contribution is -2.41. The second-order valence-electron chi connectivity index (χ2n) is 9.04. The number of carbonyl (C=O) groups is 1. The maximum absolute atomic E-state index is 15.1. The maximum atomic E-state index is 15.1. The van der Waals surface area contributed by atoms with Crippen molar-refractivity contribution in [1.29, 1.82) is 0 Å². The molecule has 0 spiro atoms. The minimum atomic E-state index is -0.887. The number of hydrogen-bond donors (Lipinski definition) is 2. The van der Waals surface area contributed by atoms with Gasteiger partial charge in [0.15, 0.2) is 0 Å². The Morgan fingerprint density at radius 3 is 2.45 bits per heavy atom. The van der Waals surface area contributed by atoms with Crippen LogP contribution in [-0.2, 0) is 0 Å². The number of halogens is 3. The van der Waals surface area contributed by atoms with Gasteiger partial charge in [0.25, 0.3) is 5.78 Å². The molecule has 0 aliphatic carbocycles. The van der Waals surface area contributed by atoms with Crippen LogP contribution < -0.4 is 16.0 Å². The number of nitrogens with two attached hydrogens (primary N) is 1. The van der Waals surface area contributed by atoms with Gasteiger partial charge in [0.05, 0.1) is 11.4 Å². The highest BCUT2D eigenvalue weighted by Gasteiger charge is 2.35. The van der Waals surface area contributed by atoms with Crippen molar-refractivity contribution in [2.75, 3.05) is 5.73 Å². The van der Waals surface area contributed by atoms with Gasteiger partial charge in [-0.1, -0.05) is 41.4 Å². The largest absolute Gasteiger partial charge is 0.439 e. The number of nitrogen functional groups attached to an aromatic ring is 1. The van der Waals surface area contributed by atoms with Gasteiger partial charge in [0, 0.05) is 39.7 Å². The topological polar surface area (TPSA) is 106 Å². The van der Waals surface area contributed by atoms with Crippen LogP contribution in [0.3, 0.4) is 0 Å². The standard InChI is InChI=1S/C29H17ClF2N4O3S/c1-14-2-9-18(10-3-14)36-25(29(38)39-35-36)26(37)27-24(33)23-20(19-11-8-17(31)12-21(19)32)13-22(34-28(23)40-27)15-4-6-16(30)7-5-15/h2-13H,1H3,(H2-,33,35,37,38)/p+1. The molecule has 7 nitrogen and oxygen atoms in total. The summed E-state index contributed by atoms with van der Waals surface area (Å²) < 4.78 is 35.0. The van der Waals surface area contributed by atoms with Crippen molar-refractivity contribution in [3.8, 4) is 28.1 Å². The van der Waals surface area contributed by atoms with Crippen molar-refractivity contribution in [1.82, 2.24) is 10.3 Å². The van der Waals surface area contributed by atoms with Crippen LogP contribution in [0.2, 0.25) is 5.02 Å². The fourth-order valence-corrected chi connectivity index (χ4v) is 5.61. The number of nitrogens with one attached hydrogen (secondary N) is 1. The first-order valence-corrected chi connectivity index (χ1v) is 13.1. The van der Waals surface area contributed by atoms with Crippen molar-refractivity contribution in [3.63, 3.8) is 0 Å². The quantitative estimate of drug-likeness (QED) is 0.187. The van der Waals surface area contributed by atoms with E-state index in [4.69, 9.17) is 26.8 Å². The van der Waals surface area contributed by atoms with Gasteiger partial charge in [-0.15, -0.1) is 11.3 Å². The van der Waals surface area contributed by atoms with Crippen LogP contribution in [0.4, 0.5) is 14.5 Å². The molecule has 11 heteroatoms. The number of H-pyrrole nitrogens is 1. The highest BCUT2D eigenvalue weighted by molar-refractivity contribution is 7.21. The van der Waals surface area contributed by atoms with E-state index in [9.17, 15) is 14.0 Å². The van der Waals surface area contributed by atoms with Crippen LogP contribution in [0, 0.1) is 18.6 Å². The van der Waals surface area contributed by atoms with Gasteiger partial charge < -0.3 is 5.73 Å². The predicted molar refractivity (Wildman–Crippen MR) is 149 cm³/mol. The van der Waals surface area contributed by atoms with Crippen molar-refractivity contribution in [2.45, 2.75) is 6.92 Å². The average molecular weight is 576 g/mol. The molecule has 0 unspecified atom stereocenters. The SMILES string of the molecule is Cc1ccc(-[n+]2[nH]oc(=O)c2C(=O)c2sc3nc(-c4ccc(Cl)cc4)cc(-c4ccc(F)cc4F)c3c2N)cc1. The zero-order valence-corrected chi connectivity index (χ0v) is 22.2. The molecule has 0 saturated carbocycles. The summed E-state index contributed by atoms with van der Waals surface area (Å²) in [7, 11) is 0. The molecule has 0 aliphatic rings. The maximum Gasteiger partial charge on any atom is 0.439 e. The van der Waals surface area contributed by atoms with E-state index < -0.39 is 23.0 Å². The van der Waals surface area contributed by atoms with Crippen LogP contribution >= 0.6 is 22.9 Å². The van der Waals surface area contributed by atoms with E-state index in [1.807, 2.05) is 19.1 Å². The number of thiophene rings is 1. The van der Waals surface area contributed by atoms with Gasteiger partial charge in [-0.3, -0.25) is 9.32 Å². The van der Waals surface area contributed by atoms with Gasteiger partial charge in [-0.05, 0) is 52.8 Å². The number of aryl methyl sites for hydroxylation is 1. The van der Waals surface area contributed by atoms with E-state index in [0.29, 0.717) is 37.7 Å². The van der Waals surface area contributed by atoms with Gasteiger partial charge >= 0.3 is 11.3 Å². The fraction of sp³-hybridized carbons (Fsp3) is 0.0345. The van der Waals surface area contributed by atoms with Crippen LogP contribution in [0.25, 0.3) is 38.3 Å². The molecule has 0 fully saturated rings. The number of anilines is 1. The Morgan fingerprint density at radius 2 is 1.75 bits per heavy atom. The Hall–Kier alpha value is -4.67. The molecular weight excluding hydrogens is 558 g/mol. The number of aromatic nitrogens is 3. The molecule has 3 aromatic heterocycles. The minimum Gasteiger partial charge on any atom is -0.397 e. The van der Waals surface area contributed by atoms with E-state index in [-0.39, 0.29) is 21.8 Å². The van der Waals surface area contributed by atoms with E-state index in [2.05, 4.69) is 5.27 Å². The number of ketones is 1. The van der Waals surface area contributed by atoms with E-state index in [1.54, 1.807) is 42.5 Å². The molecule has 3 N–H and O–H groups in total. The first-order valence-electron chi connectivity index (χ1n) is 11.9. The molecule has 0 bridgehead atoms. The van der Waals surface area contributed by atoms with Crippen molar-refractivity contribution in [2.24, 2.45) is 0 Å².